The van der Waals surface area contributed by atoms with Crippen LogP contribution in [-0.2, 0) is 4.79 Å². The third-order valence-corrected chi connectivity index (χ3v) is 2.76. The summed E-state index contributed by atoms with van der Waals surface area (Å²) in [6.45, 7) is 5.55. The molecule has 0 aliphatic heterocycles. The Bertz CT molecular complexity index is 457. The van der Waals surface area contributed by atoms with Crippen LogP contribution in [0.1, 0.15) is 32.3 Å². The van der Waals surface area contributed by atoms with E-state index < -0.39 is 0 Å². The summed E-state index contributed by atoms with van der Waals surface area (Å²) in [6.07, 6.45) is 0. The number of carbonyl (C=O) groups excluding carboxylic acids is 1. The second kappa shape index (κ2) is 6.40. The SMILES string of the molecule is CC(C)N=C(N)NC(=O)C(C)c1ccccc1Cl. The van der Waals surface area contributed by atoms with Crippen LogP contribution in [0, 0.1) is 0 Å². The molecule has 18 heavy (non-hydrogen) atoms. The molecule has 0 saturated carbocycles. The van der Waals surface area contributed by atoms with Crippen molar-refractivity contribution in [2.24, 2.45) is 10.7 Å². The molecular formula is C13H18ClN3O. The summed E-state index contributed by atoms with van der Waals surface area (Å²) in [5, 5.41) is 3.14. The molecule has 0 bridgehead atoms. The first-order valence-electron chi connectivity index (χ1n) is 5.80. The maximum absolute atomic E-state index is 12.0. The zero-order valence-corrected chi connectivity index (χ0v) is 11.5. The minimum absolute atomic E-state index is 0.0425. The zero-order valence-electron chi connectivity index (χ0n) is 10.8. The number of carbonyl (C=O) groups is 1. The molecule has 0 radical (unpaired) electrons. The highest BCUT2D eigenvalue weighted by Gasteiger charge is 2.18. The number of nitrogens with two attached hydrogens (primary N) is 1. The number of guanidine groups is 1. The van der Waals surface area contributed by atoms with Gasteiger partial charge in [-0.2, -0.15) is 0 Å². The van der Waals surface area contributed by atoms with E-state index in [1.54, 1.807) is 13.0 Å². The lowest BCUT2D eigenvalue weighted by Gasteiger charge is -2.13. The maximum Gasteiger partial charge on any atom is 0.233 e. The molecule has 0 aliphatic carbocycles. The Morgan fingerprint density at radius 2 is 1.94 bits per heavy atom. The van der Waals surface area contributed by atoms with Crippen molar-refractivity contribution in [1.82, 2.24) is 5.32 Å². The van der Waals surface area contributed by atoms with Crippen LogP contribution >= 0.6 is 11.6 Å². The topological polar surface area (TPSA) is 67.5 Å². The van der Waals surface area contributed by atoms with E-state index in [2.05, 4.69) is 10.3 Å². The number of rotatable bonds is 3. The number of benzene rings is 1. The van der Waals surface area contributed by atoms with E-state index >= 15 is 0 Å². The first-order chi connectivity index (χ1) is 8.41. The fourth-order valence-electron chi connectivity index (χ4n) is 1.51. The van der Waals surface area contributed by atoms with Gasteiger partial charge in [0.05, 0.1) is 5.92 Å². The van der Waals surface area contributed by atoms with Gasteiger partial charge >= 0.3 is 0 Å². The molecule has 1 atom stereocenters. The van der Waals surface area contributed by atoms with Crippen molar-refractivity contribution in [3.8, 4) is 0 Å². The quantitative estimate of drug-likeness (QED) is 0.652. The molecule has 1 aromatic rings. The van der Waals surface area contributed by atoms with E-state index in [1.807, 2.05) is 32.0 Å². The maximum atomic E-state index is 12.0. The molecule has 0 fully saturated rings. The van der Waals surface area contributed by atoms with Crippen molar-refractivity contribution in [3.05, 3.63) is 34.9 Å². The Kier molecular flexibility index (Phi) is 5.16. The van der Waals surface area contributed by atoms with Crippen molar-refractivity contribution < 1.29 is 4.79 Å². The minimum Gasteiger partial charge on any atom is -0.370 e. The van der Waals surface area contributed by atoms with Gasteiger partial charge in [-0.05, 0) is 32.4 Å². The van der Waals surface area contributed by atoms with Crippen molar-refractivity contribution in [3.63, 3.8) is 0 Å². The number of hydrogen-bond donors (Lipinski definition) is 2. The smallest absolute Gasteiger partial charge is 0.233 e. The van der Waals surface area contributed by atoms with E-state index in [0.717, 1.165) is 5.56 Å². The molecule has 1 rings (SSSR count). The fourth-order valence-corrected chi connectivity index (χ4v) is 1.81. The van der Waals surface area contributed by atoms with E-state index in [-0.39, 0.29) is 23.8 Å². The highest BCUT2D eigenvalue weighted by Crippen LogP contribution is 2.23. The number of hydrogen-bond acceptors (Lipinski definition) is 2. The van der Waals surface area contributed by atoms with Gasteiger partial charge < -0.3 is 5.73 Å². The molecule has 5 heteroatoms. The minimum atomic E-state index is -0.375. The van der Waals surface area contributed by atoms with Crippen LogP contribution in [0.25, 0.3) is 0 Å². The average molecular weight is 268 g/mol. The molecule has 98 valence electrons. The second-order valence-corrected chi connectivity index (χ2v) is 4.75. The molecule has 0 aliphatic rings. The van der Waals surface area contributed by atoms with Crippen LogP contribution in [0.15, 0.2) is 29.3 Å². The van der Waals surface area contributed by atoms with Crippen LogP contribution < -0.4 is 11.1 Å². The predicted octanol–water partition coefficient (Wildman–Crippen LogP) is 2.28. The number of aliphatic imine (C=N–C) groups is 1. The first-order valence-corrected chi connectivity index (χ1v) is 6.18. The van der Waals surface area contributed by atoms with Gasteiger partial charge in [-0.25, -0.2) is 0 Å². The van der Waals surface area contributed by atoms with Crippen molar-refractivity contribution >= 4 is 23.5 Å². The summed E-state index contributed by atoms with van der Waals surface area (Å²) in [4.78, 5) is 16.0. The number of nitrogens with one attached hydrogen (secondary N) is 1. The summed E-state index contributed by atoms with van der Waals surface area (Å²) in [7, 11) is 0. The Morgan fingerprint density at radius 1 is 1.33 bits per heavy atom. The van der Waals surface area contributed by atoms with Gasteiger partial charge in [0.2, 0.25) is 5.91 Å². The summed E-state index contributed by atoms with van der Waals surface area (Å²) in [5.41, 5.74) is 6.39. The van der Waals surface area contributed by atoms with E-state index in [1.165, 1.54) is 0 Å². The highest BCUT2D eigenvalue weighted by molar-refractivity contribution is 6.31. The van der Waals surface area contributed by atoms with Crippen LogP contribution in [0.5, 0.6) is 0 Å². The summed E-state index contributed by atoms with van der Waals surface area (Å²) in [6, 6.07) is 7.29. The predicted molar refractivity (Wildman–Crippen MR) is 74.8 cm³/mol. The Hall–Kier alpha value is -1.55. The van der Waals surface area contributed by atoms with Crippen LogP contribution in [0.3, 0.4) is 0 Å². The molecule has 0 spiro atoms. The number of amides is 1. The molecule has 3 N–H and O–H groups in total. The fraction of sp³-hybridized carbons (Fsp3) is 0.385. The normalized spacial score (nSPS) is 13.5. The Balaban J connectivity index is 2.77. The lowest BCUT2D eigenvalue weighted by atomic mass is 10.0. The van der Waals surface area contributed by atoms with Crippen LogP contribution in [0.2, 0.25) is 5.02 Å². The molecule has 4 nitrogen and oxygen atoms in total. The third-order valence-electron chi connectivity index (χ3n) is 2.41. The molecule has 1 unspecified atom stereocenters. The van der Waals surface area contributed by atoms with Crippen LogP contribution in [0.4, 0.5) is 0 Å². The Morgan fingerprint density at radius 3 is 2.50 bits per heavy atom. The summed E-state index contributed by atoms with van der Waals surface area (Å²) < 4.78 is 0. The standard InChI is InChI=1S/C13H18ClN3O/c1-8(2)16-13(15)17-12(18)9(3)10-6-4-5-7-11(10)14/h4-9H,1-3H3,(H3,15,16,17,18). The highest BCUT2D eigenvalue weighted by atomic mass is 35.5. The largest absolute Gasteiger partial charge is 0.370 e. The summed E-state index contributed by atoms with van der Waals surface area (Å²) in [5.74, 6) is -0.460. The zero-order chi connectivity index (χ0) is 13.7. The van der Waals surface area contributed by atoms with Crippen molar-refractivity contribution in [2.45, 2.75) is 32.7 Å². The third kappa shape index (κ3) is 4.04. The second-order valence-electron chi connectivity index (χ2n) is 4.34. The van der Waals surface area contributed by atoms with Crippen LogP contribution in [-0.4, -0.2) is 17.9 Å². The van der Waals surface area contributed by atoms with Crippen molar-refractivity contribution in [1.29, 1.82) is 0 Å². The molecule has 0 saturated heterocycles. The molecule has 1 aromatic carbocycles. The van der Waals surface area contributed by atoms with Gasteiger partial charge in [0, 0.05) is 11.1 Å². The molecule has 0 heterocycles. The van der Waals surface area contributed by atoms with Gasteiger partial charge in [0.25, 0.3) is 0 Å². The van der Waals surface area contributed by atoms with Gasteiger partial charge in [0.1, 0.15) is 0 Å². The Labute approximate surface area is 112 Å². The molecule has 0 aromatic heterocycles. The van der Waals surface area contributed by atoms with Gasteiger partial charge in [0.15, 0.2) is 5.96 Å². The van der Waals surface area contributed by atoms with Gasteiger partial charge in [-0.3, -0.25) is 15.1 Å². The van der Waals surface area contributed by atoms with E-state index in [4.69, 9.17) is 17.3 Å². The number of halogens is 1. The van der Waals surface area contributed by atoms with E-state index in [0.29, 0.717) is 5.02 Å². The lowest BCUT2D eigenvalue weighted by molar-refractivity contribution is -0.120. The summed E-state index contributed by atoms with van der Waals surface area (Å²) >= 11 is 6.04. The first kappa shape index (κ1) is 14.5. The molecule has 1 amide bonds. The van der Waals surface area contributed by atoms with Gasteiger partial charge in [-0.15, -0.1) is 0 Å². The van der Waals surface area contributed by atoms with Gasteiger partial charge in [-0.1, -0.05) is 29.8 Å². The van der Waals surface area contributed by atoms with Crippen molar-refractivity contribution in [2.75, 3.05) is 0 Å². The monoisotopic (exact) mass is 267 g/mol. The van der Waals surface area contributed by atoms with E-state index in [9.17, 15) is 4.79 Å². The lowest BCUT2D eigenvalue weighted by Crippen LogP contribution is -2.39. The number of nitrogens with zero attached hydrogens (tertiary/aromatic N) is 1. The average Bonchev–Trinajstić information content (AvgIpc) is 2.27. The molecular weight excluding hydrogens is 250 g/mol.